The van der Waals surface area contributed by atoms with Crippen LogP contribution in [-0.2, 0) is 5.41 Å². The number of hydrogen-bond donors (Lipinski definition) is 0. The Labute approximate surface area is 345 Å². The van der Waals surface area contributed by atoms with Gasteiger partial charge < -0.3 is 0 Å². The average Bonchev–Trinajstić information content (AvgIpc) is 3.53. The van der Waals surface area contributed by atoms with E-state index in [-0.39, 0.29) is 5.41 Å². The molecule has 2 nitrogen and oxygen atoms in total. The lowest BCUT2D eigenvalue weighted by molar-refractivity contribution is 0.661. The predicted molar refractivity (Wildman–Crippen MR) is 247 cm³/mol. The summed E-state index contributed by atoms with van der Waals surface area (Å²) in [6, 6.07) is 74.4. The van der Waals surface area contributed by atoms with Gasteiger partial charge in [0.2, 0.25) is 0 Å². The van der Waals surface area contributed by atoms with Crippen LogP contribution in [0.2, 0.25) is 0 Å². The lowest BCUT2D eigenvalue weighted by Gasteiger charge is -2.22. The summed E-state index contributed by atoms with van der Waals surface area (Å²) in [6.45, 7) is 4.70. The highest BCUT2D eigenvalue weighted by atomic mass is 14.9. The number of hydrogen-bond acceptors (Lipinski definition) is 2. The third-order valence-corrected chi connectivity index (χ3v) is 12.3. The van der Waals surface area contributed by atoms with Crippen LogP contribution in [0.15, 0.2) is 206 Å². The molecule has 0 spiro atoms. The first-order chi connectivity index (χ1) is 29.0. The van der Waals surface area contributed by atoms with E-state index in [1.165, 1.54) is 71.8 Å². The van der Waals surface area contributed by atoms with E-state index in [1.54, 1.807) is 0 Å². The Balaban J connectivity index is 1.11. The maximum atomic E-state index is 5.37. The summed E-state index contributed by atoms with van der Waals surface area (Å²) in [5.74, 6) is 0.712. The Hall–Kier alpha value is -7.42. The highest BCUT2D eigenvalue weighted by Gasteiger charge is 2.37. The van der Waals surface area contributed by atoms with Crippen molar-refractivity contribution in [2.24, 2.45) is 0 Å². The van der Waals surface area contributed by atoms with Gasteiger partial charge in [0.25, 0.3) is 0 Å². The minimum Gasteiger partial charge on any atom is -0.228 e. The largest absolute Gasteiger partial charge is 0.228 e. The zero-order valence-electron chi connectivity index (χ0n) is 33.0. The standard InChI is InChI=1S/C57H40N2/c1-57(2)51-28-16-27-48(55(51)50-33-40-23-12-13-24-41(40)35-52(50)57)54-36-53(58-56(59-54)39-21-10-5-11-22-39)47-32-31-44(45-25-14-15-26-46(45)47)42-29-30-43(37-17-6-3-7-18-37)49(34-42)38-19-8-4-9-20-38/h3-36H,1-2H3. The first-order valence-electron chi connectivity index (χ1n) is 20.4. The second kappa shape index (κ2) is 13.9. The molecule has 1 aliphatic rings. The van der Waals surface area contributed by atoms with Crippen molar-refractivity contribution in [2.45, 2.75) is 19.3 Å². The molecule has 2 heteroatoms. The Morgan fingerprint density at radius 2 is 0.864 bits per heavy atom. The zero-order chi connectivity index (χ0) is 39.5. The van der Waals surface area contributed by atoms with Crippen molar-refractivity contribution >= 4 is 21.5 Å². The minimum absolute atomic E-state index is 0.158. The molecule has 0 bridgehead atoms. The summed E-state index contributed by atoms with van der Waals surface area (Å²) in [5, 5.41) is 4.85. The van der Waals surface area contributed by atoms with Gasteiger partial charge in [0.15, 0.2) is 5.82 Å². The molecule has 1 aromatic heterocycles. The lowest BCUT2D eigenvalue weighted by Crippen LogP contribution is -2.14. The molecule has 0 radical (unpaired) electrons. The van der Waals surface area contributed by atoms with Crippen LogP contribution in [0, 0.1) is 0 Å². The molecule has 0 atom stereocenters. The highest BCUT2D eigenvalue weighted by Crippen LogP contribution is 2.53. The van der Waals surface area contributed by atoms with Gasteiger partial charge in [0.05, 0.1) is 11.4 Å². The van der Waals surface area contributed by atoms with Crippen molar-refractivity contribution in [3.05, 3.63) is 217 Å². The topological polar surface area (TPSA) is 25.8 Å². The van der Waals surface area contributed by atoms with Gasteiger partial charge >= 0.3 is 0 Å². The maximum absolute atomic E-state index is 5.37. The maximum Gasteiger partial charge on any atom is 0.160 e. The first kappa shape index (κ1) is 34.8. The van der Waals surface area contributed by atoms with Crippen LogP contribution in [0.3, 0.4) is 0 Å². The summed E-state index contributed by atoms with van der Waals surface area (Å²) in [6.07, 6.45) is 0. The van der Waals surface area contributed by atoms with Crippen LogP contribution >= 0.6 is 0 Å². The summed E-state index contributed by atoms with van der Waals surface area (Å²) < 4.78 is 0. The van der Waals surface area contributed by atoms with E-state index in [4.69, 9.17) is 9.97 Å². The van der Waals surface area contributed by atoms with Crippen LogP contribution in [0.5, 0.6) is 0 Å². The zero-order valence-corrected chi connectivity index (χ0v) is 33.0. The third kappa shape index (κ3) is 5.87. The fourth-order valence-electron chi connectivity index (χ4n) is 9.34. The van der Waals surface area contributed by atoms with Crippen molar-refractivity contribution in [3.63, 3.8) is 0 Å². The summed E-state index contributed by atoms with van der Waals surface area (Å²) in [7, 11) is 0. The summed E-state index contributed by atoms with van der Waals surface area (Å²) in [5.41, 5.74) is 17.3. The van der Waals surface area contributed by atoms with Gasteiger partial charge in [-0.25, -0.2) is 9.97 Å². The fourth-order valence-corrected chi connectivity index (χ4v) is 9.34. The van der Waals surface area contributed by atoms with Gasteiger partial charge in [-0.3, -0.25) is 0 Å². The quantitative estimate of drug-likeness (QED) is 0.169. The average molecular weight is 753 g/mol. The predicted octanol–water partition coefficient (Wildman–Crippen LogP) is 15.1. The second-order valence-electron chi connectivity index (χ2n) is 16.1. The van der Waals surface area contributed by atoms with Crippen molar-refractivity contribution in [3.8, 4) is 78.4 Å². The number of benzene rings is 9. The van der Waals surface area contributed by atoms with Crippen LogP contribution in [0.1, 0.15) is 25.0 Å². The molecule has 10 aromatic rings. The minimum atomic E-state index is -0.158. The molecule has 1 aliphatic carbocycles. The van der Waals surface area contributed by atoms with Crippen LogP contribution in [-0.4, -0.2) is 9.97 Å². The van der Waals surface area contributed by atoms with Crippen LogP contribution < -0.4 is 0 Å². The molecule has 11 rings (SSSR count). The molecule has 59 heavy (non-hydrogen) atoms. The normalized spacial score (nSPS) is 12.7. The molecule has 278 valence electrons. The van der Waals surface area contributed by atoms with Crippen molar-refractivity contribution in [1.82, 2.24) is 9.97 Å². The van der Waals surface area contributed by atoms with Crippen molar-refractivity contribution in [1.29, 1.82) is 0 Å². The third-order valence-electron chi connectivity index (χ3n) is 12.3. The molecule has 0 saturated carbocycles. The molecule has 1 heterocycles. The molecule has 9 aromatic carbocycles. The molecule has 0 aliphatic heterocycles. The number of fused-ring (bicyclic) bond motifs is 5. The van der Waals surface area contributed by atoms with Crippen LogP contribution in [0.4, 0.5) is 0 Å². The Morgan fingerprint density at radius 3 is 1.56 bits per heavy atom. The van der Waals surface area contributed by atoms with Gasteiger partial charge in [0, 0.05) is 22.1 Å². The Bertz CT molecular complexity index is 3220. The molecule has 0 N–H and O–H groups in total. The van der Waals surface area contributed by atoms with Crippen molar-refractivity contribution < 1.29 is 0 Å². The van der Waals surface area contributed by atoms with Gasteiger partial charge in [-0.15, -0.1) is 0 Å². The molecular weight excluding hydrogens is 713 g/mol. The monoisotopic (exact) mass is 752 g/mol. The number of rotatable bonds is 6. The van der Waals surface area contributed by atoms with E-state index in [0.717, 1.165) is 33.5 Å². The van der Waals surface area contributed by atoms with E-state index < -0.39 is 0 Å². The van der Waals surface area contributed by atoms with Crippen LogP contribution in [0.25, 0.3) is 100.0 Å². The van der Waals surface area contributed by atoms with Gasteiger partial charge in [-0.2, -0.15) is 0 Å². The molecule has 0 unspecified atom stereocenters. The van der Waals surface area contributed by atoms with E-state index in [2.05, 4.69) is 214 Å². The van der Waals surface area contributed by atoms with E-state index in [0.29, 0.717) is 5.82 Å². The SMILES string of the molecule is CC1(C)c2cc3ccccc3cc2-c2c(-c3cc(-c4ccc(-c5ccc(-c6ccccc6)c(-c6ccccc6)c5)c5ccccc45)nc(-c4ccccc4)n3)cccc21. The highest BCUT2D eigenvalue weighted by molar-refractivity contribution is 6.06. The van der Waals surface area contributed by atoms with E-state index >= 15 is 0 Å². The molecule has 0 fully saturated rings. The van der Waals surface area contributed by atoms with E-state index in [9.17, 15) is 0 Å². The molecule has 0 saturated heterocycles. The molecular formula is C57H40N2. The van der Waals surface area contributed by atoms with Crippen molar-refractivity contribution in [2.75, 3.05) is 0 Å². The second-order valence-corrected chi connectivity index (χ2v) is 16.1. The smallest absolute Gasteiger partial charge is 0.160 e. The van der Waals surface area contributed by atoms with Gasteiger partial charge in [-0.1, -0.05) is 196 Å². The number of aromatic nitrogens is 2. The molecule has 0 amide bonds. The van der Waals surface area contributed by atoms with Gasteiger partial charge in [-0.05, 0) is 101 Å². The van der Waals surface area contributed by atoms with Gasteiger partial charge in [0.1, 0.15) is 0 Å². The Morgan fingerprint density at radius 1 is 0.322 bits per heavy atom. The Kier molecular flexibility index (Phi) is 8.20. The summed E-state index contributed by atoms with van der Waals surface area (Å²) in [4.78, 5) is 10.7. The first-order valence-corrected chi connectivity index (χ1v) is 20.4. The van der Waals surface area contributed by atoms with E-state index in [1.807, 2.05) is 6.07 Å². The summed E-state index contributed by atoms with van der Waals surface area (Å²) >= 11 is 0. The fraction of sp³-hybridized carbons (Fsp3) is 0.0526. The lowest BCUT2D eigenvalue weighted by atomic mass is 9.81. The number of nitrogens with zero attached hydrogens (tertiary/aromatic N) is 2.